The summed E-state index contributed by atoms with van der Waals surface area (Å²) < 4.78 is 31.6. The second-order valence-electron chi connectivity index (χ2n) is 6.42. The van der Waals surface area contributed by atoms with Gasteiger partial charge in [-0.25, -0.2) is 13.6 Å². The van der Waals surface area contributed by atoms with E-state index in [2.05, 4.69) is 0 Å². The number of carboxylic acids is 1. The zero-order valence-corrected chi connectivity index (χ0v) is 16.5. The first-order chi connectivity index (χ1) is 14.3. The van der Waals surface area contributed by atoms with E-state index in [-0.39, 0.29) is 43.5 Å². The molecule has 0 fully saturated rings. The van der Waals surface area contributed by atoms with E-state index < -0.39 is 23.4 Å². The number of hydrogen-bond acceptors (Lipinski definition) is 2. The average molecular weight is 446 g/mol. The largest absolute Gasteiger partial charge is 0.478 e. The lowest BCUT2D eigenvalue weighted by atomic mass is 10.0. The summed E-state index contributed by atoms with van der Waals surface area (Å²) in [5, 5.41) is 9.14. The van der Waals surface area contributed by atoms with Crippen molar-refractivity contribution in [3.8, 4) is 11.1 Å². The molecular formula is C22H11Cl2F2NO3. The number of carbonyl (C=O) groups is 2. The van der Waals surface area contributed by atoms with Crippen molar-refractivity contribution in [1.29, 1.82) is 0 Å². The van der Waals surface area contributed by atoms with Crippen molar-refractivity contribution in [1.82, 2.24) is 4.40 Å². The fraction of sp³-hybridized carbons (Fsp3) is 0. The molecule has 2 aromatic carbocycles. The van der Waals surface area contributed by atoms with Crippen LogP contribution in [0, 0.1) is 11.6 Å². The summed E-state index contributed by atoms with van der Waals surface area (Å²) in [7, 11) is 0. The third-order valence-electron chi connectivity index (χ3n) is 4.67. The summed E-state index contributed by atoms with van der Waals surface area (Å²) in [5.41, 5.74) is -0.835. The molecule has 4 rings (SSSR count). The standard InChI is InChI=1S/C22H11Cl2F2NO3/c23-13-4-3-5-14(24)18(13)21(28)20-19(26)17(16-6-1-2-9-27(16)20)12-8-7-11(22(29)30)10-15(12)25/h1-10H,(H,29,30). The summed E-state index contributed by atoms with van der Waals surface area (Å²) in [5.74, 6) is -3.98. The van der Waals surface area contributed by atoms with E-state index in [1.165, 1.54) is 40.9 Å². The van der Waals surface area contributed by atoms with Gasteiger partial charge in [-0.1, -0.05) is 41.4 Å². The van der Waals surface area contributed by atoms with Crippen LogP contribution in [0.25, 0.3) is 16.6 Å². The third kappa shape index (κ3) is 3.14. The van der Waals surface area contributed by atoms with Crippen molar-refractivity contribution in [2.45, 2.75) is 0 Å². The van der Waals surface area contributed by atoms with E-state index in [1.54, 1.807) is 18.2 Å². The van der Waals surface area contributed by atoms with Crippen LogP contribution < -0.4 is 0 Å². The molecule has 4 aromatic rings. The summed E-state index contributed by atoms with van der Waals surface area (Å²) in [6.45, 7) is 0. The van der Waals surface area contributed by atoms with E-state index in [4.69, 9.17) is 28.3 Å². The van der Waals surface area contributed by atoms with Crippen molar-refractivity contribution in [3.63, 3.8) is 0 Å². The van der Waals surface area contributed by atoms with E-state index >= 15 is 4.39 Å². The molecule has 2 heterocycles. The molecule has 150 valence electrons. The number of fused-ring (bicyclic) bond motifs is 1. The molecule has 0 atom stereocenters. The lowest BCUT2D eigenvalue weighted by molar-refractivity contribution is 0.0696. The zero-order chi connectivity index (χ0) is 21.6. The Morgan fingerprint density at radius 3 is 2.27 bits per heavy atom. The first-order valence-electron chi connectivity index (χ1n) is 8.61. The Balaban J connectivity index is 2.01. The van der Waals surface area contributed by atoms with Crippen LogP contribution in [0.15, 0.2) is 60.8 Å². The monoisotopic (exact) mass is 445 g/mol. The molecule has 4 nitrogen and oxygen atoms in total. The number of nitrogens with zero attached hydrogens (tertiary/aromatic N) is 1. The minimum Gasteiger partial charge on any atom is -0.478 e. The van der Waals surface area contributed by atoms with Gasteiger partial charge in [0.25, 0.3) is 0 Å². The first-order valence-corrected chi connectivity index (χ1v) is 9.37. The molecule has 0 aliphatic carbocycles. The van der Waals surface area contributed by atoms with Crippen LogP contribution in [0.2, 0.25) is 10.0 Å². The van der Waals surface area contributed by atoms with Gasteiger partial charge in [0.05, 0.1) is 26.7 Å². The SMILES string of the molecule is O=C(O)c1ccc(-c2c(F)c(C(=O)c3c(Cl)cccc3Cl)n3ccccc23)c(F)c1. The maximum atomic E-state index is 15.6. The highest BCUT2D eigenvalue weighted by Gasteiger charge is 2.29. The number of benzene rings is 2. The predicted octanol–water partition coefficient (Wildman–Crippen LogP) is 6.12. The first kappa shape index (κ1) is 20.1. The number of carboxylic acid groups (broad SMARTS) is 1. The van der Waals surface area contributed by atoms with E-state index in [9.17, 15) is 14.0 Å². The van der Waals surface area contributed by atoms with E-state index in [1.807, 2.05) is 0 Å². The Kier molecular flexibility index (Phi) is 5.05. The molecular weight excluding hydrogens is 435 g/mol. The average Bonchev–Trinajstić information content (AvgIpc) is 2.99. The summed E-state index contributed by atoms with van der Waals surface area (Å²) in [6, 6.07) is 12.3. The molecule has 0 bridgehead atoms. The van der Waals surface area contributed by atoms with Crippen molar-refractivity contribution >= 4 is 40.5 Å². The molecule has 0 aliphatic heterocycles. The van der Waals surface area contributed by atoms with Crippen LogP contribution in [0.1, 0.15) is 26.4 Å². The van der Waals surface area contributed by atoms with Crippen LogP contribution >= 0.6 is 23.2 Å². The minimum atomic E-state index is -1.31. The van der Waals surface area contributed by atoms with Gasteiger partial charge in [0.15, 0.2) is 5.82 Å². The lowest BCUT2D eigenvalue weighted by Gasteiger charge is -2.06. The number of aromatic nitrogens is 1. The molecule has 8 heteroatoms. The van der Waals surface area contributed by atoms with Gasteiger partial charge in [0.2, 0.25) is 5.78 Å². The molecule has 0 aliphatic rings. The third-order valence-corrected chi connectivity index (χ3v) is 5.30. The van der Waals surface area contributed by atoms with Gasteiger partial charge in [-0.15, -0.1) is 0 Å². The molecule has 1 N–H and O–H groups in total. The van der Waals surface area contributed by atoms with E-state index in [0.717, 1.165) is 6.07 Å². The van der Waals surface area contributed by atoms with Gasteiger partial charge < -0.3 is 9.51 Å². The molecule has 0 spiro atoms. The number of aromatic carboxylic acids is 1. The number of carbonyl (C=O) groups excluding carboxylic acids is 1. The van der Waals surface area contributed by atoms with Crippen molar-refractivity contribution in [2.75, 3.05) is 0 Å². The van der Waals surface area contributed by atoms with Gasteiger partial charge in [0.1, 0.15) is 11.5 Å². The highest BCUT2D eigenvalue weighted by Crippen LogP contribution is 2.36. The minimum absolute atomic E-state index is 0.0522. The van der Waals surface area contributed by atoms with Crippen molar-refractivity contribution in [2.24, 2.45) is 0 Å². The maximum Gasteiger partial charge on any atom is 0.335 e. The molecule has 0 saturated carbocycles. The Hall–Kier alpha value is -3.22. The van der Waals surface area contributed by atoms with Crippen LogP contribution in [0.3, 0.4) is 0 Å². The number of halogens is 4. The fourth-order valence-electron chi connectivity index (χ4n) is 3.33. The smallest absolute Gasteiger partial charge is 0.335 e. The van der Waals surface area contributed by atoms with Gasteiger partial charge >= 0.3 is 5.97 Å². The molecule has 0 amide bonds. The van der Waals surface area contributed by atoms with Gasteiger partial charge in [0, 0.05) is 17.3 Å². The number of hydrogen-bond donors (Lipinski definition) is 1. The molecule has 0 unspecified atom stereocenters. The summed E-state index contributed by atoms with van der Waals surface area (Å²) in [6.07, 6.45) is 1.46. The van der Waals surface area contributed by atoms with Crippen LogP contribution in [-0.2, 0) is 0 Å². The van der Waals surface area contributed by atoms with Gasteiger partial charge in [-0.3, -0.25) is 4.79 Å². The predicted molar refractivity (Wildman–Crippen MR) is 110 cm³/mol. The Morgan fingerprint density at radius 2 is 1.63 bits per heavy atom. The molecule has 0 saturated heterocycles. The van der Waals surface area contributed by atoms with Crippen LogP contribution in [0.4, 0.5) is 8.78 Å². The Morgan fingerprint density at radius 1 is 0.933 bits per heavy atom. The molecule has 30 heavy (non-hydrogen) atoms. The maximum absolute atomic E-state index is 15.6. The number of pyridine rings is 1. The van der Waals surface area contributed by atoms with Crippen LogP contribution in [0.5, 0.6) is 0 Å². The Labute approximate surface area is 178 Å². The highest BCUT2D eigenvalue weighted by atomic mass is 35.5. The molecule has 0 radical (unpaired) electrons. The van der Waals surface area contributed by atoms with Crippen molar-refractivity contribution < 1.29 is 23.5 Å². The normalized spacial score (nSPS) is 11.1. The van der Waals surface area contributed by atoms with Crippen LogP contribution in [-0.4, -0.2) is 21.3 Å². The summed E-state index contributed by atoms with van der Waals surface area (Å²) >= 11 is 12.2. The lowest BCUT2D eigenvalue weighted by Crippen LogP contribution is -2.08. The second-order valence-corrected chi connectivity index (χ2v) is 7.23. The van der Waals surface area contributed by atoms with Gasteiger partial charge in [-0.2, -0.15) is 0 Å². The highest BCUT2D eigenvalue weighted by molar-refractivity contribution is 6.41. The number of ketones is 1. The topological polar surface area (TPSA) is 58.8 Å². The Bertz CT molecular complexity index is 1330. The van der Waals surface area contributed by atoms with Gasteiger partial charge in [-0.05, 0) is 36.4 Å². The second kappa shape index (κ2) is 7.55. The quantitative estimate of drug-likeness (QED) is 0.385. The van der Waals surface area contributed by atoms with Crippen molar-refractivity contribution in [3.05, 3.63) is 99.3 Å². The fourth-order valence-corrected chi connectivity index (χ4v) is 3.90. The zero-order valence-electron chi connectivity index (χ0n) is 15.0. The molecule has 2 aromatic heterocycles. The summed E-state index contributed by atoms with van der Waals surface area (Å²) in [4.78, 5) is 24.3. The van der Waals surface area contributed by atoms with E-state index in [0.29, 0.717) is 0 Å². The number of rotatable bonds is 4.